The predicted octanol–water partition coefficient (Wildman–Crippen LogP) is 1.26. The Balaban J connectivity index is 2.23. The van der Waals surface area contributed by atoms with E-state index in [2.05, 4.69) is 4.98 Å². The van der Waals surface area contributed by atoms with Crippen LogP contribution in [0.3, 0.4) is 0 Å². The third-order valence-electron chi connectivity index (χ3n) is 2.41. The topological polar surface area (TPSA) is 53.5 Å². The number of amides is 3. The minimum atomic E-state index is -0.273. The van der Waals surface area contributed by atoms with E-state index in [1.54, 1.807) is 24.4 Å². The monoisotopic (exact) mass is 219 g/mol. The minimum absolute atomic E-state index is 0.156. The van der Waals surface area contributed by atoms with Crippen molar-refractivity contribution >= 4 is 17.8 Å². The minimum Gasteiger partial charge on any atom is -0.315 e. The van der Waals surface area contributed by atoms with Crippen molar-refractivity contribution in [3.8, 4) is 0 Å². The van der Waals surface area contributed by atoms with E-state index < -0.39 is 0 Å². The van der Waals surface area contributed by atoms with Gasteiger partial charge >= 0.3 is 6.03 Å². The Morgan fingerprint density at radius 1 is 1.38 bits per heavy atom. The first-order valence-corrected chi connectivity index (χ1v) is 5.27. The van der Waals surface area contributed by atoms with Crippen molar-refractivity contribution in [3.63, 3.8) is 0 Å². The molecule has 0 radical (unpaired) electrons. The molecule has 5 heteroatoms. The first-order valence-electron chi connectivity index (χ1n) is 5.27. The summed E-state index contributed by atoms with van der Waals surface area (Å²) < 4.78 is 0. The summed E-state index contributed by atoms with van der Waals surface area (Å²) in [6.45, 7) is 2.73. The summed E-state index contributed by atoms with van der Waals surface area (Å²) in [7, 11) is 0. The Labute approximate surface area is 93.7 Å². The molecule has 3 amide bonds. The zero-order valence-electron chi connectivity index (χ0n) is 9.09. The fourth-order valence-electron chi connectivity index (χ4n) is 1.71. The number of imide groups is 1. The SMILES string of the molecule is CCCN1CC(=O)N(c2ccccn2)C1=O. The Kier molecular flexibility index (Phi) is 2.85. The molecule has 0 spiro atoms. The summed E-state index contributed by atoms with van der Waals surface area (Å²) in [6, 6.07) is 4.89. The van der Waals surface area contributed by atoms with Gasteiger partial charge in [-0.15, -0.1) is 0 Å². The third kappa shape index (κ3) is 1.76. The van der Waals surface area contributed by atoms with Crippen molar-refractivity contribution in [3.05, 3.63) is 24.4 Å². The van der Waals surface area contributed by atoms with Crippen LogP contribution in [0.15, 0.2) is 24.4 Å². The lowest BCUT2D eigenvalue weighted by atomic mass is 10.4. The summed E-state index contributed by atoms with van der Waals surface area (Å²) in [6.07, 6.45) is 2.41. The van der Waals surface area contributed by atoms with Crippen LogP contribution in [-0.4, -0.2) is 34.9 Å². The van der Waals surface area contributed by atoms with Crippen molar-refractivity contribution in [1.82, 2.24) is 9.88 Å². The molecule has 0 N–H and O–H groups in total. The second-order valence-electron chi connectivity index (χ2n) is 3.62. The number of pyridine rings is 1. The first-order chi connectivity index (χ1) is 7.74. The number of carbonyl (C=O) groups is 2. The molecule has 0 atom stereocenters. The quantitative estimate of drug-likeness (QED) is 0.719. The van der Waals surface area contributed by atoms with Gasteiger partial charge in [0.05, 0.1) is 0 Å². The van der Waals surface area contributed by atoms with E-state index in [1.165, 1.54) is 4.90 Å². The van der Waals surface area contributed by atoms with Gasteiger partial charge in [-0.3, -0.25) is 4.79 Å². The Morgan fingerprint density at radius 3 is 2.81 bits per heavy atom. The summed E-state index contributed by atoms with van der Waals surface area (Å²) in [5.74, 6) is 0.188. The van der Waals surface area contributed by atoms with E-state index in [0.717, 1.165) is 11.3 Å². The van der Waals surface area contributed by atoms with Crippen molar-refractivity contribution in [2.24, 2.45) is 0 Å². The maximum atomic E-state index is 11.9. The van der Waals surface area contributed by atoms with Crippen LogP contribution >= 0.6 is 0 Å². The van der Waals surface area contributed by atoms with Crippen molar-refractivity contribution in [2.45, 2.75) is 13.3 Å². The van der Waals surface area contributed by atoms with Gasteiger partial charge in [-0.05, 0) is 18.6 Å². The number of rotatable bonds is 3. The van der Waals surface area contributed by atoms with Gasteiger partial charge in [0.25, 0.3) is 5.91 Å². The van der Waals surface area contributed by atoms with Crippen LogP contribution in [0.4, 0.5) is 10.6 Å². The molecule has 2 rings (SSSR count). The molecule has 2 heterocycles. The van der Waals surface area contributed by atoms with Crippen molar-refractivity contribution in [1.29, 1.82) is 0 Å². The predicted molar refractivity (Wildman–Crippen MR) is 59.0 cm³/mol. The molecule has 1 saturated heterocycles. The lowest BCUT2D eigenvalue weighted by molar-refractivity contribution is -0.116. The van der Waals surface area contributed by atoms with E-state index in [4.69, 9.17) is 0 Å². The van der Waals surface area contributed by atoms with Gasteiger partial charge in [0.2, 0.25) is 0 Å². The fraction of sp³-hybridized carbons (Fsp3) is 0.364. The molecule has 1 aromatic heterocycles. The highest BCUT2D eigenvalue weighted by atomic mass is 16.2. The van der Waals surface area contributed by atoms with E-state index in [0.29, 0.717) is 12.4 Å². The molecule has 1 fully saturated rings. The average Bonchev–Trinajstić information content (AvgIpc) is 2.56. The number of urea groups is 1. The van der Waals surface area contributed by atoms with Crippen LogP contribution in [0, 0.1) is 0 Å². The summed E-state index contributed by atoms with van der Waals surface area (Å²) in [4.78, 5) is 30.3. The van der Waals surface area contributed by atoms with Crippen molar-refractivity contribution < 1.29 is 9.59 Å². The molecular formula is C11H13N3O2. The van der Waals surface area contributed by atoms with Gasteiger partial charge in [0.1, 0.15) is 12.4 Å². The smallest absolute Gasteiger partial charge is 0.315 e. The van der Waals surface area contributed by atoms with Crippen LogP contribution in [0.2, 0.25) is 0 Å². The summed E-state index contributed by atoms with van der Waals surface area (Å²) in [5.41, 5.74) is 0. The molecule has 1 aliphatic rings. The van der Waals surface area contributed by atoms with Crippen molar-refractivity contribution in [2.75, 3.05) is 18.0 Å². The third-order valence-corrected chi connectivity index (χ3v) is 2.41. The molecular weight excluding hydrogens is 206 g/mol. The maximum absolute atomic E-state index is 11.9. The summed E-state index contributed by atoms with van der Waals surface area (Å²) in [5, 5.41) is 0. The normalized spacial score (nSPS) is 16.1. The molecule has 1 aliphatic heterocycles. The molecule has 16 heavy (non-hydrogen) atoms. The van der Waals surface area contributed by atoms with Gasteiger partial charge in [-0.25, -0.2) is 14.7 Å². The largest absolute Gasteiger partial charge is 0.333 e. The standard InChI is InChI=1S/C11H13N3O2/c1-2-7-13-8-10(15)14(11(13)16)9-5-3-4-6-12-9/h3-6H,2,7-8H2,1H3. The number of hydrogen-bond acceptors (Lipinski definition) is 3. The second kappa shape index (κ2) is 4.30. The van der Waals surface area contributed by atoms with Crippen LogP contribution in [0.25, 0.3) is 0 Å². The van der Waals surface area contributed by atoms with Crippen LogP contribution < -0.4 is 4.90 Å². The molecule has 0 unspecified atom stereocenters. The number of anilines is 1. The zero-order valence-corrected chi connectivity index (χ0v) is 9.09. The summed E-state index contributed by atoms with van der Waals surface area (Å²) >= 11 is 0. The highest BCUT2D eigenvalue weighted by molar-refractivity contribution is 6.19. The number of aromatic nitrogens is 1. The molecule has 84 valence electrons. The van der Waals surface area contributed by atoms with E-state index in [1.807, 2.05) is 6.92 Å². The Hall–Kier alpha value is -1.91. The maximum Gasteiger partial charge on any atom is 0.333 e. The lowest BCUT2D eigenvalue weighted by Gasteiger charge is -2.15. The number of carbonyl (C=O) groups excluding carboxylic acids is 2. The number of nitrogens with zero attached hydrogens (tertiary/aromatic N) is 3. The Bertz CT molecular complexity index is 405. The molecule has 5 nitrogen and oxygen atoms in total. The van der Waals surface area contributed by atoms with Crippen LogP contribution in [-0.2, 0) is 4.79 Å². The molecule has 0 aliphatic carbocycles. The van der Waals surface area contributed by atoms with Gasteiger partial charge in [-0.1, -0.05) is 13.0 Å². The molecule has 1 aromatic rings. The highest BCUT2D eigenvalue weighted by Crippen LogP contribution is 2.18. The van der Waals surface area contributed by atoms with E-state index in [-0.39, 0.29) is 18.5 Å². The Morgan fingerprint density at radius 2 is 2.19 bits per heavy atom. The van der Waals surface area contributed by atoms with Gasteiger partial charge < -0.3 is 4.90 Å². The fourth-order valence-corrected chi connectivity index (χ4v) is 1.71. The van der Waals surface area contributed by atoms with Gasteiger partial charge in [0.15, 0.2) is 0 Å². The van der Waals surface area contributed by atoms with Crippen LogP contribution in [0.1, 0.15) is 13.3 Å². The number of hydrogen-bond donors (Lipinski definition) is 0. The van der Waals surface area contributed by atoms with Crippen LogP contribution in [0.5, 0.6) is 0 Å². The molecule has 0 bridgehead atoms. The first kappa shape index (κ1) is 10.6. The zero-order chi connectivity index (χ0) is 11.5. The van der Waals surface area contributed by atoms with E-state index in [9.17, 15) is 9.59 Å². The molecule has 0 aromatic carbocycles. The highest BCUT2D eigenvalue weighted by Gasteiger charge is 2.37. The lowest BCUT2D eigenvalue weighted by Crippen LogP contribution is -2.33. The van der Waals surface area contributed by atoms with E-state index >= 15 is 0 Å². The van der Waals surface area contributed by atoms with Gasteiger partial charge in [-0.2, -0.15) is 0 Å². The second-order valence-corrected chi connectivity index (χ2v) is 3.62. The molecule has 0 saturated carbocycles. The average molecular weight is 219 g/mol. The van der Waals surface area contributed by atoms with Gasteiger partial charge in [0, 0.05) is 12.7 Å².